The van der Waals surface area contributed by atoms with E-state index in [1.54, 1.807) is 20.2 Å². The van der Waals surface area contributed by atoms with Crippen LogP contribution in [0.4, 0.5) is 0 Å². The summed E-state index contributed by atoms with van der Waals surface area (Å²) in [7, 11) is 3.33. The monoisotopic (exact) mass is 380 g/mol. The summed E-state index contributed by atoms with van der Waals surface area (Å²) in [5, 5.41) is 9.37. The van der Waals surface area contributed by atoms with Crippen molar-refractivity contribution in [1.29, 1.82) is 0 Å². The fourth-order valence-corrected chi connectivity index (χ4v) is 3.42. The van der Waals surface area contributed by atoms with Crippen molar-refractivity contribution in [2.45, 2.75) is 10.9 Å². The molecular formula is C19H16N4O3S. The Morgan fingerprint density at radius 2 is 1.89 bits per heavy atom. The number of rotatable bonds is 5. The van der Waals surface area contributed by atoms with E-state index in [-0.39, 0.29) is 5.56 Å². The maximum Gasteiger partial charge on any atom is 0.261 e. The van der Waals surface area contributed by atoms with Crippen LogP contribution in [0.25, 0.3) is 22.4 Å². The molecule has 7 nitrogen and oxygen atoms in total. The number of fused-ring (bicyclic) bond motifs is 1. The number of hydrogen-bond donors (Lipinski definition) is 0. The summed E-state index contributed by atoms with van der Waals surface area (Å²) in [6, 6.07) is 14.7. The second-order valence-corrected chi connectivity index (χ2v) is 6.74. The van der Waals surface area contributed by atoms with Gasteiger partial charge < -0.3 is 9.15 Å². The molecule has 0 radical (unpaired) electrons. The van der Waals surface area contributed by atoms with E-state index in [1.807, 2.05) is 42.5 Å². The lowest BCUT2D eigenvalue weighted by Crippen LogP contribution is -2.19. The van der Waals surface area contributed by atoms with Gasteiger partial charge in [-0.1, -0.05) is 23.9 Å². The molecule has 0 N–H and O–H groups in total. The molecule has 0 saturated carbocycles. The first kappa shape index (κ1) is 17.3. The highest BCUT2D eigenvalue weighted by Gasteiger charge is 2.12. The first-order chi connectivity index (χ1) is 13.2. The van der Waals surface area contributed by atoms with E-state index in [0.717, 1.165) is 11.3 Å². The highest BCUT2D eigenvalue weighted by molar-refractivity contribution is 7.98. The van der Waals surface area contributed by atoms with E-state index in [1.165, 1.54) is 16.3 Å². The Morgan fingerprint density at radius 1 is 1.11 bits per heavy atom. The van der Waals surface area contributed by atoms with Crippen molar-refractivity contribution in [3.63, 3.8) is 0 Å². The molecule has 27 heavy (non-hydrogen) atoms. The summed E-state index contributed by atoms with van der Waals surface area (Å²) in [5.74, 6) is 2.08. The lowest BCUT2D eigenvalue weighted by Gasteiger charge is -2.07. The van der Waals surface area contributed by atoms with Crippen LogP contribution in [0.5, 0.6) is 5.75 Å². The standard InChI is InChI=1S/C19H16N4O3S/c1-23-18(24)14-5-3-4-6-15(14)20-19(23)27-11-16-21-22-17(26-16)12-7-9-13(25-2)10-8-12/h3-10H,11H2,1-2H3. The van der Waals surface area contributed by atoms with Gasteiger partial charge in [0, 0.05) is 12.6 Å². The van der Waals surface area contributed by atoms with Crippen LogP contribution >= 0.6 is 11.8 Å². The summed E-state index contributed by atoms with van der Waals surface area (Å²) in [4.78, 5) is 17.0. The fourth-order valence-electron chi connectivity index (χ4n) is 2.62. The highest BCUT2D eigenvalue weighted by Crippen LogP contribution is 2.25. The molecule has 4 rings (SSSR count). The number of benzene rings is 2. The van der Waals surface area contributed by atoms with Gasteiger partial charge in [0.05, 0.1) is 23.8 Å². The Morgan fingerprint density at radius 3 is 2.67 bits per heavy atom. The first-order valence-electron chi connectivity index (χ1n) is 8.21. The number of aromatic nitrogens is 4. The average molecular weight is 380 g/mol. The van der Waals surface area contributed by atoms with Crippen LogP contribution in [0.2, 0.25) is 0 Å². The normalized spacial score (nSPS) is 11.0. The van der Waals surface area contributed by atoms with Crippen molar-refractivity contribution in [1.82, 2.24) is 19.7 Å². The summed E-state index contributed by atoms with van der Waals surface area (Å²) in [6.07, 6.45) is 0. The minimum atomic E-state index is -0.0763. The smallest absolute Gasteiger partial charge is 0.261 e. The van der Waals surface area contributed by atoms with Gasteiger partial charge in [-0.3, -0.25) is 9.36 Å². The predicted molar refractivity (Wildman–Crippen MR) is 103 cm³/mol. The third-order valence-corrected chi connectivity index (χ3v) is 5.09. The van der Waals surface area contributed by atoms with Crippen molar-refractivity contribution in [3.8, 4) is 17.2 Å². The topological polar surface area (TPSA) is 83.0 Å². The van der Waals surface area contributed by atoms with Crippen LogP contribution < -0.4 is 10.3 Å². The number of hydrogen-bond acceptors (Lipinski definition) is 7. The van der Waals surface area contributed by atoms with E-state index in [4.69, 9.17) is 9.15 Å². The molecule has 2 heterocycles. The van der Waals surface area contributed by atoms with Crippen molar-refractivity contribution in [3.05, 3.63) is 64.8 Å². The van der Waals surface area contributed by atoms with Gasteiger partial charge in [0.2, 0.25) is 11.8 Å². The third-order valence-electron chi connectivity index (χ3n) is 4.07. The number of thioether (sulfide) groups is 1. The zero-order chi connectivity index (χ0) is 18.8. The van der Waals surface area contributed by atoms with Gasteiger partial charge in [-0.15, -0.1) is 10.2 Å². The maximum atomic E-state index is 12.4. The van der Waals surface area contributed by atoms with Gasteiger partial charge in [-0.05, 0) is 36.4 Å². The van der Waals surface area contributed by atoms with Crippen LogP contribution in [0, 0.1) is 0 Å². The van der Waals surface area contributed by atoms with Gasteiger partial charge in [0.1, 0.15) is 5.75 Å². The quantitative estimate of drug-likeness (QED) is 0.388. The molecule has 0 amide bonds. The van der Waals surface area contributed by atoms with E-state index in [2.05, 4.69) is 15.2 Å². The summed E-state index contributed by atoms with van der Waals surface area (Å²) in [5.41, 5.74) is 1.41. The van der Waals surface area contributed by atoms with Crippen molar-refractivity contribution in [2.75, 3.05) is 7.11 Å². The van der Waals surface area contributed by atoms with Crippen LogP contribution in [-0.2, 0) is 12.8 Å². The molecule has 2 aromatic carbocycles. The van der Waals surface area contributed by atoms with E-state index in [0.29, 0.717) is 33.6 Å². The van der Waals surface area contributed by atoms with Crippen LogP contribution in [0.3, 0.4) is 0 Å². The fraction of sp³-hybridized carbons (Fsp3) is 0.158. The zero-order valence-electron chi connectivity index (χ0n) is 14.7. The van der Waals surface area contributed by atoms with Crippen molar-refractivity contribution in [2.24, 2.45) is 7.05 Å². The molecule has 2 aromatic heterocycles. The number of nitrogens with zero attached hydrogens (tertiary/aromatic N) is 4. The predicted octanol–water partition coefficient (Wildman–Crippen LogP) is 3.28. The van der Waals surface area contributed by atoms with Crippen LogP contribution in [0.15, 0.2) is 62.9 Å². The molecule has 136 valence electrons. The molecule has 0 fully saturated rings. The molecule has 0 unspecified atom stereocenters. The summed E-state index contributed by atoms with van der Waals surface area (Å²) < 4.78 is 12.4. The molecule has 0 spiro atoms. The maximum absolute atomic E-state index is 12.4. The molecule has 0 atom stereocenters. The van der Waals surface area contributed by atoms with Gasteiger partial charge in [0.15, 0.2) is 5.16 Å². The largest absolute Gasteiger partial charge is 0.497 e. The van der Waals surface area contributed by atoms with E-state index in [9.17, 15) is 4.79 Å². The Hall–Kier alpha value is -3.13. The minimum absolute atomic E-state index is 0.0763. The minimum Gasteiger partial charge on any atom is -0.497 e. The van der Waals surface area contributed by atoms with Gasteiger partial charge in [0.25, 0.3) is 5.56 Å². The van der Waals surface area contributed by atoms with Gasteiger partial charge >= 0.3 is 0 Å². The molecular weight excluding hydrogens is 364 g/mol. The van der Waals surface area contributed by atoms with Crippen molar-refractivity contribution < 1.29 is 9.15 Å². The average Bonchev–Trinajstić information content (AvgIpc) is 3.19. The Labute approximate surface area is 159 Å². The SMILES string of the molecule is COc1ccc(-c2nnc(CSc3nc4ccccc4c(=O)n3C)o2)cc1. The molecule has 8 heteroatoms. The number of ether oxygens (including phenoxy) is 1. The van der Waals surface area contributed by atoms with E-state index >= 15 is 0 Å². The Balaban J connectivity index is 1.54. The Kier molecular flexibility index (Phi) is 4.64. The molecule has 0 aliphatic heterocycles. The second kappa shape index (κ2) is 7.24. The summed E-state index contributed by atoms with van der Waals surface area (Å²) in [6.45, 7) is 0. The van der Waals surface area contributed by atoms with Crippen LogP contribution in [-0.4, -0.2) is 26.9 Å². The highest BCUT2D eigenvalue weighted by atomic mass is 32.2. The molecule has 0 aliphatic rings. The van der Waals surface area contributed by atoms with E-state index < -0.39 is 0 Å². The van der Waals surface area contributed by atoms with Crippen molar-refractivity contribution >= 4 is 22.7 Å². The van der Waals surface area contributed by atoms with Crippen LogP contribution in [0.1, 0.15) is 5.89 Å². The molecule has 4 aromatic rings. The molecule has 0 saturated heterocycles. The lowest BCUT2D eigenvalue weighted by molar-refractivity contribution is 0.415. The number of para-hydroxylation sites is 1. The second-order valence-electron chi connectivity index (χ2n) is 5.79. The first-order valence-corrected chi connectivity index (χ1v) is 9.19. The van der Waals surface area contributed by atoms with Gasteiger partial charge in [-0.2, -0.15) is 0 Å². The number of methoxy groups -OCH3 is 1. The molecule has 0 aliphatic carbocycles. The third kappa shape index (κ3) is 3.43. The summed E-state index contributed by atoms with van der Waals surface area (Å²) >= 11 is 1.38. The molecule has 0 bridgehead atoms. The zero-order valence-corrected chi connectivity index (χ0v) is 15.6. The lowest BCUT2D eigenvalue weighted by atomic mass is 10.2. The van der Waals surface area contributed by atoms with Gasteiger partial charge in [-0.25, -0.2) is 4.98 Å². The Bertz CT molecular complexity index is 1150.